The molecule has 1 heterocycles. The first-order valence-electron chi connectivity index (χ1n) is 5.45. The van der Waals surface area contributed by atoms with Crippen LogP contribution in [0.25, 0.3) is 0 Å². The average molecular weight is 254 g/mol. The van der Waals surface area contributed by atoms with Crippen molar-refractivity contribution in [1.29, 1.82) is 0 Å². The van der Waals surface area contributed by atoms with Crippen molar-refractivity contribution in [3.05, 3.63) is 30.1 Å². The summed E-state index contributed by atoms with van der Waals surface area (Å²) in [6.07, 6.45) is 4.08. The topological polar surface area (TPSA) is 65.2 Å². The predicted molar refractivity (Wildman–Crippen MR) is 69.9 cm³/mol. The third-order valence-electron chi connectivity index (χ3n) is 2.40. The first kappa shape index (κ1) is 14.0. The molecule has 5 heteroatoms. The van der Waals surface area contributed by atoms with E-state index < -0.39 is 16.8 Å². The highest BCUT2D eigenvalue weighted by Crippen LogP contribution is 2.16. The van der Waals surface area contributed by atoms with Gasteiger partial charge in [-0.3, -0.25) is 9.78 Å². The van der Waals surface area contributed by atoms with E-state index in [-0.39, 0.29) is 0 Å². The maximum absolute atomic E-state index is 11.6. The first-order chi connectivity index (χ1) is 7.91. The molecule has 0 saturated carbocycles. The average Bonchev–Trinajstić information content (AvgIpc) is 2.28. The quantitative estimate of drug-likeness (QED) is 0.612. The van der Waals surface area contributed by atoms with E-state index in [9.17, 15) is 4.79 Å². The molecule has 1 atom stereocenters. The van der Waals surface area contributed by atoms with Crippen LogP contribution >= 0.6 is 12.6 Å². The third-order valence-corrected chi connectivity index (χ3v) is 2.68. The molecule has 1 aromatic heterocycles. The van der Waals surface area contributed by atoms with Crippen LogP contribution in [0, 0.1) is 0 Å². The number of rotatable bonds is 5. The zero-order chi connectivity index (χ0) is 12.9. The van der Waals surface area contributed by atoms with Crippen molar-refractivity contribution in [2.45, 2.75) is 31.1 Å². The van der Waals surface area contributed by atoms with Crippen LogP contribution in [0.2, 0.25) is 0 Å². The molecule has 17 heavy (non-hydrogen) atoms. The Labute approximate surface area is 107 Å². The van der Waals surface area contributed by atoms with Gasteiger partial charge in [0.25, 0.3) is 0 Å². The fourth-order valence-electron chi connectivity index (χ4n) is 1.20. The second kappa shape index (κ2) is 6.02. The molecule has 0 fully saturated rings. The second-order valence-electron chi connectivity index (χ2n) is 4.40. The van der Waals surface area contributed by atoms with Crippen LogP contribution in [0.3, 0.4) is 0 Å². The summed E-state index contributed by atoms with van der Waals surface area (Å²) in [4.78, 5) is 15.5. The summed E-state index contributed by atoms with van der Waals surface area (Å²) >= 11 is 4.25. The van der Waals surface area contributed by atoms with E-state index in [0.717, 1.165) is 5.56 Å². The number of nitrogens with zero attached hydrogens (tertiary/aromatic N) is 1. The Bertz CT molecular complexity index is 363. The van der Waals surface area contributed by atoms with Crippen LogP contribution in [0.1, 0.15) is 19.4 Å². The highest BCUT2D eigenvalue weighted by molar-refractivity contribution is 7.81. The molecule has 1 aromatic rings. The van der Waals surface area contributed by atoms with Crippen molar-refractivity contribution in [3.8, 4) is 0 Å². The normalized spacial score (nSPS) is 13.2. The third kappa shape index (κ3) is 4.75. The van der Waals surface area contributed by atoms with Crippen LogP contribution in [0.5, 0.6) is 0 Å². The van der Waals surface area contributed by atoms with E-state index in [4.69, 9.17) is 10.5 Å². The number of carbonyl (C=O) groups excluding carboxylic acids is 1. The molecule has 0 amide bonds. The summed E-state index contributed by atoms with van der Waals surface area (Å²) in [5.41, 5.74) is 6.79. The summed E-state index contributed by atoms with van der Waals surface area (Å²) < 4.78 is 4.53. The summed E-state index contributed by atoms with van der Waals surface area (Å²) in [6, 6.07) is 3.05. The molecule has 0 aliphatic heterocycles. The maximum atomic E-state index is 11.6. The molecule has 0 saturated heterocycles. The van der Waals surface area contributed by atoms with E-state index >= 15 is 0 Å². The molecule has 1 unspecified atom stereocenters. The molecule has 94 valence electrons. The number of aromatic nitrogens is 1. The number of thiol groups is 1. The minimum absolute atomic E-state index is 0.320. The van der Waals surface area contributed by atoms with Gasteiger partial charge in [0.05, 0.1) is 6.61 Å². The standard InChI is InChI=1S/C12H18N2O2S/c1-12(2,17)10(13)11(15)16-8-5-9-3-6-14-7-4-9/h3-4,6-7,10,17H,5,8,13H2,1-2H3. The fraction of sp³-hybridized carbons (Fsp3) is 0.500. The largest absolute Gasteiger partial charge is 0.464 e. The number of ether oxygens (including phenoxy) is 1. The zero-order valence-corrected chi connectivity index (χ0v) is 11.0. The number of hydrogen-bond acceptors (Lipinski definition) is 5. The molecule has 0 aliphatic carbocycles. The lowest BCUT2D eigenvalue weighted by Crippen LogP contribution is -2.46. The molecule has 2 N–H and O–H groups in total. The summed E-state index contributed by atoms with van der Waals surface area (Å²) in [7, 11) is 0. The molecule has 0 spiro atoms. The van der Waals surface area contributed by atoms with E-state index in [1.165, 1.54) is 0 Å². The Morgan fingerprint density at radius 2 is 2.12 bits per heavy atom. The van der Waals surface area contributed by atoms with E-state index in [2.05, 4.69) is 17.6 Å². The van der Waals surface area contributed by atoms with Crippen molar-refractivity contribution in [2.75, 3.05) is 6.61 Å². The molecule has 1 rings (SSSR count). The highest BCUT2D eigenvalue weighted by Gasteiger charge is 2.29. The first-order valence-corrected chi connectivity index (χ1v) is 5.89. The smallest absolute Gasteiger partial charge is 0.324 e. The van der Waals surface area contributed by atoms with Gasteiger partial charge in [-0.1, -0.05) is 0 Å². The second-order valence-corrected chi connectivity index (χ2v) is 5.56. The lowest BCUT2D eigenvalue weighted by molar-refractivity contribution is -0.145. The molecule has 0 aliphatic rings. The molecular formula is C12H18N2O2S. The van der Waals surface area contributed by atoms with Crippen molar-refractivity contribution < 1.29 is 9.53 Å². The molecule has 0 aromatic carbocycles. The lowest BCUT2D eigenvalue weighted by atomic mass is 10.0. The summed E-state index contributed by atoms with van der Waals surface area (Å²) in [5.74, 6) is -0.418. The van der Waals surface area contributed by atoms with Crippen molar-refractivity contribution >= 4 is 18.6 Å². The monoisotopic (exact) mass is 254 g/mol. The van der Waals surface area contributed by atoms with Gasteiger partial charge in [0.1, 0.15) is 6.04 Å². The number of esters is 1. The van der Waals surface area contributed by atoms with Crippen LogP contribution in [-0.4, -0.2) is 28.3 Å². The van der Waals surface area contributed by atoms with Gasteiger partial charge in [-0.15, -0.1) is 0 Å². The Kier molecular flexibility index (Phi) is 4.96. The van der Waals surface area contributed by atoms with E-state index in [1.807, 2.05) is 12.1 Å². The minimum atomic E-state index is -0.719. The van der Waals surface area contributed by atoms with Gasteiger partial charge >= 0.3 is 5.97 Å². The van der Waals surface area contributed by atoms with E-state index in [0.29, 0.717) is 13.0 Å². The zero-order valence-electron chi connectivity index (χ0n) is 10.1. The van der Waals surface area contributed by atoms with E-state index in [1.54, 1.807) is 26.2 Å². The van der Waals surface area contributed by atoms with Gasteiger partial charge in [0.2, 0.25) is 0 Å². The lowest BCUT2D eigenvalue weighted by Gasteiger charge is -2.23. The Morgan fingerprint density at radius 3 is 2.65 bits per heavy atom. The predicted octanol–water partition coefficient (Wildman–Crippen LogP) is 1.20. The van der Waals surface area contributed by atoms with Gasteiger partial charge in [0, 0.05) is 23.6 Å². The van der Waals surface area contributed by atoms with Crippen molar-refractivity contribution in [2.24, 2.45) is 5.73 Å². The molecule has 0 bridgehead atoms. The highest BCUT2D eigenvalue weighted by atomic mass is 32.1. The van der Waals surface area contributed by atoms with Gasteiger partial charge in [0.15, 0.2) is 0 Å². The molecule has 0 radical (unpaired) electrons. The minimum Gasteiger partial charge on any atom is -0.464 e. The molecular weight excluding hydrogens is 236 g/mol. The van der Waals surface area contributed by atoms with Crippen molar-refractivity contribution in [3.63, 3.8) is 0 Å². The van der Waals surface area contributed by atoms with Gasteiger partial charge in [-0.25, -0.2) is 0 Å². The Balaban J connectivity index is 2.35. The Morgan fingerprint density at radius 1 is 1.53 bits per heavy atom. The fourth-order valence-corrected chi connectivity index (χ4v) is 1.30. The van der Waals surface area contributed by atoms with Crippen LogP contribution in [0.15, 0.2) is 24.5 Å². The maximum Gasteiger partial charge on any atom is 0.324 e. The van der Waals surface area contributed by atoms with Gasteiger partial charge < -0.3 is 10.5 Å². The van der Waals surface area contributed by atoms with Crippen LogP contribution in [-0.2, 0) is 16.0 Å². The van der Waals surface area contributed by atoms with Crippen LogP contribution in [0.4, 0.5) is 0 Å². The number of hydrogen-bond donors (Lipinski definition) is 2. The SMILES string of the molecule is CC(C)(S)C(N)C(=O)OCCc1ccncc1. The Hall–Kier alpha value is -1.07. The van der Waals surface area contributed by atoms with Gasteiger partial charge in [-0.05, 0) is 31.5 Å². The number of carbonyl (C=O) groups is 1. The summed E-state index contributed by atoms with van der Waals surface area (Å²) in [5, 5.41) is 0. The summed E-state index contributed by atoms with van der Waals surface area (Å²) in [6.45, 7) is 3.89. The number of nitrogens with two attached hydrogens (primary N) is 1. The van der Waals surface area contributed by atoms with Crippen LogP contribution < -0.4 is 5.73 Å². The number of pyridine rings is 1. The van der Waals surface area contributed by atoms with Gasteiger partial charge in [-0.2, -0.15) is 12.6 Å². The van der Waals surface area contributed by atoms with Crippen molar-refractivity contribution in [1.82, 2.24) is 4.98 Å². The molecule has 4 nitrogen and oxygen atoms in total.